The molecule has 49 heavy (non-hydrogen) atoms. The van der Waals surface area contributed by atoms with Crippen molar-refractivity contribution in [2.75, 3.05) is 32.7 Å². The first-order valence-electron chi connectivity index (χ1n) is 16.8. The van der Waals surface area contributed by atoms with Crippen LogP contribution in [0.1, 0.15) is 61.5 Å². The van der Waals surface area contributed by atoms with Crippen molar-refractivity contribution in [3.8, 4) is 11.3 Å². The lowest BCUT2D eigenvalue weighted by Gasteiger charge is -2.41. The number of benzene rings is 2. The van der Waals surface area contributed by atoms with Gasteiger partial charge in [0.2, 0.25) is 0 Å². The molecular formula is C36H45N7O5S. The molecule has 0 spiro atoms. The van der Waals surface area contributed by atoms with E-state index in [4.69, 9.17) is 9.72 Å². The first kappa shape index (κ1) is 34.4. The standard InChI is InChI=1S/C36H45N7O5S/c1-26-38-31(24-39(26)5)49(46,47)41-18-12-17-29(23-41)43-25-37-32(33(43)28-15-10-7-11-16-28)34(44)42-20-19-40(35(45)48-36(2,3)4)22-30(42)21-27-13-8-6-9-14-27/h6-11,13-16,24-25,29-30H,12,17-23H2,1-5H3/t29?,30-/m1/s1. The highest BCUT2D eigenvalue weighted by Gasteiger charge is 2.38. The van der Waals surface area contributed by atoms with Gasteiger partial charge in [0.25, 0.3) is 15.9 Å². The van der Waals surface area contributed by atoms with Gasteiger partial charge in [0, 0.05) is 57.6 Å². The average Bonchev–Trinajstić information content (AvgIpc) is 3.68. The molecule has 260 valence electrons. The van der Waals surface area contributed by atoms with Crippen molar-refractivity contribution in [3.05, 3.63) is 90.3 Å². The third-order valence-electron chi connectivity index (χ3n) is 9.20. The third kappa shape index (κ3) is 7.42. The van der Waals surface area contributed by atoms with Gasteiger partial charge in [-0.1, -0.05) is 60.7 Å². The molecule has 1 unspecified atom stereocenters. The number of rotatable bonds is 7. The molecule has 0 radical (unpaired) electrons. The van der Waals surface area contributed by atoms with E-state index >= 15 is 0 Å². The van der Waals surface area contributed by atoms with Crippen LogP contribution in [-0.2, 0) is 28.2 Å². The van der Waals surface area contributed by atoms with E-state index in [1.165, 1.54) is 4.31 Å². The van der Waals surface area contributed by atoms with Gasteiger partial charge in [0.1, 0.15) is 11.4 Å². The van der Waals surface area contributed by atoms with Gasteiger partial charge < -0.3 is 23.7 Å². The largest absolute Gasteiger partial charge is 0.444 e. The van der Waals surface area contributed by atoms with Crippen LogP contribution in [0.3, 0.4) is 0 Å². The molecule has 12 nitrogen and oxygen atoms in total. The van der Waals surface area contributed by atoms with E-state index in [0.717, 1.165) is 17.5 Å². The first-order valence-corrected chi connectivity index (χ1v) is 18.2. The van der Waals surface area contributed by atoms with E-state index in [1.807, 2.05) is 90.9 Å². The lowest BCUT2D eigenvalue weighted by atomic mass is 10.0. The molecule has 6 rings (SSSR count). The summed E-state index contributed by atoms with van der Waals surface area (Å²) in [6.45, 7) is 8.88. The number of carbonyl (C=O) groups excluding carboxylic acids is 2. The molecule has 0 saturated carbocycles. The van der Waals surface area contributed by atoms with Crippen molar-refractivity contribution in [1.82, 2.24) is 33.2 Å². The van der Waals surface area contributed by atoms with Crippen molar-refractivity contribution in [2.24, 2.45) is 7.05 Å². The van der Waals surface area contributed by atoms with Crippen LogP contribution in [0.4, 0.5) is 4.79 Å². The number of amides is 2. The van der Waals surface area contributed by atoms with E-state index < -0.39 is 21.7 Å². The van der Waals surface area contributed by atoms with Gasteiger partial charge in [-0.2, -0.15) is 4.31 Å². The fourth-order valence-electron chi connectivity index (χ4n) is 6.64. The van der Waals surface area contributed by atoms with Gasteiger partial charge >= 0.3 is 6.09 Å². The molecular weight excluding hydrogens is 643 g/mol. The summed E-state index contributed by atoms with van der Waals surface area (Å²) in [5.41, 5.74) is 2.18. The number of piperidine rings is 1. The molecule has 0 N–H and O–H groups in total. The monoisotopic (exact) mass is 687 g/mol. The molecule has 2 atom stereocenters. The zero-order valence-electron chi connectivity index (χ0n) is 28.8. The molecule has 4 heterocycles. The number of piperazine rings is 1. The number of aryl methyl sites for hydroxylation is 2. The summed E-state index contributed by atoms with van der Waals surface area (Å²) in [6.07, 6.45) is 4.75. The number of sulfonamides is 1. The van der Waals surface area contributed by atoms with Gasteiger partial charge in [0.15, 0.2) is 10.7 Å². The number of hydrogen-bond acceptors (Lipinski definition) is 7. The Kier molecular flexibility index (Phi) is 9.67. The van der Waals surface area contributed by atoms with E-state index in [2.05, 4.69) is 4.98 Å². The predicted molar refractivity (Wildman–Crippen MR) is 185 cm³/mol. The topological polar surface area (TPSA) is 123 Å². The Morgan fingerprint density at radius 3 is 2.31 bits per heavy atom. The number of hydrogen-bond donors (Lipinski definition) is 0. The van der Waals surface area contributed by atoms with Gasteiger partial charge in [-0.25, -0.2) is 23.2 Å². The minimum Gasteiger partial charge on any atom is -0.444 e. The number of aromatic nitrogens is 4. The molecule has 13 heteroatoms. The predicted octanol–water partition coefficient (Wildman–Crippen LogP) is 4.92. The number of nitrogens with zero attached hydrogens (tertiary/aromatic N) is 7. The SMILES string of the molecule is Cc1nc(S(=O)(=O)N2CCCC(n3cnc(C(=O)N4CCN(C(=O)OC(C)(C)C)C[C@H]4Cc4ccccc4)c3-c3ccccc3)C2)cn1C. The third-order valence-corrected chi connectivity index (χ3v) is 10.9. The Bertz CT molecular complexity index is 1880. The zero-order chi connectivity index (χ0) is 34.9. The number of imidazole rings is 2. The molecule has 0 bridgehead atoms. The van der Waals surface area contributed by atoms with E-state index in [0.29, 0.717) is 56.2 Å². The fraction of sp³-hybridized carbons (Fsp3) is 0.444. The molecule has 2 aliphatic heterocycles. The fourth-order valence-corrected chi connectivity index (χ4v) is 8.18. The van der Waals surface area contributed by atoms with Crippen LogP contribution in [0.25, 0.3) is 11.3 Å². The summed E-state index contributed by atoms with van der Waals surface area (Å²) in [5.74, 6) is 0.389. The Labute approximate surface area is 288 Å². The second-order valence-electron chi connectivity index (χ2n) is 13.9. The summed E-state index contributed by atoms with van der Waals surface area (Å²) < 4.78 is 38.2. The summed E-state index contributed by atoms with van der Waals surface area (Å²) in [6, 6.07) is 19.0. The molecule has 2 aromatic heterocycles. The highest BCUT2D eigenvalue weighted by molar-refractivity contribution is 7.89. The molecule has 2 amide bonds. The Morgan fingerprint density at radius 1 is 0.959 bits per heavy atom. The second-order valence-corrected chi connectivity index (χ2v) is 15.8. The highest BCUT2D eigenvalue weighted by atomic mass is 32.2. The lowest BCUT2D eigenvalue weighted by molar-refractivity contribution is 0.00429. The normalized spacial score (nSPS) is 19.2. The second kappa shape index (κ2) is 13.8. The van der Waals surface area contributed by atoms with Crippen LogP contribution in [0, 0.1) is 6.92 Å². The Balaban J connectivity index is 1.32. The minimum absolute atomic E-state index is 0.0351. The molecule has 2 aliphatic rings. The maximum atomic E-state index is 14.6. The lowest BCUT2D eigenvalue weighted by Crippen LogP contribution is -2.58. The van der Waals surface area contributed by atoms with Crippen molar-refractivity contribution >= 4 is 22.0 Å². The van der Waals surface area contributed by atoms with Gasteiger partial charge in [0.05, 0.1) is 18.1 Å². The van der Waals surface area contributed by atoms with Crippen LogP contribution in [0.5, 0.6) is 0 Å². The molecule has 2 aromatic carbocycles. The van der Waals surface area contributed by atoms with Crippen LogP contribution < -0.4 is 0 Å². The number of ether oxygens (including phenoxy) is 1. The smallest absolute Gasteiger partial charge is 0.410 e. The summed E-state index contributed by atoms with van der Waals surface area (Å²) in [4.78, 5) is 40.3. The summed E-state index contributed by atoms with van der Waals surface area (Å²) in [5, 5.41) is 0.0351. The van der Waals surface area contributed by atoms with Crippen LogP contribution in [0.15, 0.2) is 78.2 Å². The Morgan fingerprint density at radius 2 is 1.65 bits per heavy atom. The number of carbonyl (C=O) groups is 2. The average molecular weight is 688 g/mol. The zero-order valence-corrected chi connectivity index (χ0v) is 29.6. The van der Waals surface area contributed by atoms with E-state index in [1.54, 1.807) is 36.0 Å². The quantitative estimate of drug-likeness (QED) is 0.270. The van der Waals surface area contributed by atoms with Crippen molar-refractivity contribution < 1.29 is 22.7 Å². The van der Waals surface area contributed by atoms with Gasteiger partial charge in [-0.15, -0.1) is 0 Å². The molecule has 2 saturated heterocycles. The molecule has 0 aliphatic carbocycles. The molecule has 4 aromatic rings. The van der Waals surface area contributed by atoms with E-state index in [9.17, 15) is 18.0 Å². The summed E-state index contributed by atoms with van der Waals surface area (Å²) >= 11 is 0. The van der Waals surface area contributed by atoms with Crippen LogP contribution >= 0.6 is 0 Å². The Hall–Kier alpha value is -4.49. The minimum atomic E-state index is -3.82. The maximum absolute atomic E-state index is 14.6. The maximum Gasteiger partial charge on any atom is 0.410 e. The van der Waals surface area contributed by atoms with Crippen LogP contribution in [0.2, 0.25) is 0 Å². The first-order chi connectivity index (χ1) is 23.3. The molecule has 2 fully saturated rings. The highest BCUT2D eigenvalue weighted by Crippen LogP contribution is 2.34. The van der Waals surface area contributed by atoms with E-state index in [-0.39, 0.29) is 29.6 Å². The van der Waals surface area contributed by atoms with Gasteiger partial charge in [-0.3, -0.25) is 4.79 Å². The summed E-state index contributed by atoms with van der Waals surface area (Å²) in [7, 11) is -2.04. The van der Waals surface area contributed by atoms with Crippen molar-refractivity contribution in [1.29, 1.82) is 0 Å². The van der Waals surface area contributed by atoms with Crippen molar-refractivity contribution in [3.63, 3.8) is 0 Å². The van der Waals surface area contributed by atoms with Crippen molar-refractivity contribution in [2.45, 2.75) is 69.7 Å². The van der Waals surface area contributed by atoms with Gasteiger partial charge in [-0.05, 0) is 52.5 Å². The van der Waals surface area contributed by atoms with Crippen LogP contribution in [-0.4, -0.2) is 98.0 Å².